The Morgan fingerprint density at radius 1 is 1.16 bits per heavy atom. The molecule has 0 aromatic heterocycles. The summed E-state index contributed by atoms with van der Waals surface area (Å²) in [5.74, 6) is 0.336. The zero-order valence-electron chi connectivity index (χ0n) is 18.1. The summed E-state index contributed by atoms with van der Waals surface area (Å²) >= 11 is 0. The van der Waals surface area contributed by atoms with Crippen LogP contribution in [0, 0.1) is 6.92 Å². The smallest absolute Gasteiger partial charge is 0.261 e. The normalized spacial score (nSPS) is 15.8. The molecule has 1 heterocycles. The molecule has 8 nitrogen and oxygen atoms in total. The molecular formula is C22H29N3O5S. The number of amides is 1. The highest BCUT2D eigenvalue weighted by molar-refractivity contribution is 7.92. The molecule has 1 atom stereocenters. The number of hydrogen-bond acceptors (Lipinski definition) is 6. The van der Waals surface area contributed by atoms with Crippen LogP contribution in [0.1, 0.15) is 22.8 Å². The Labute approximate surface area is 183 Å². The lowest BCUT2D eigenvalue weighted by Crippen LogP contribution is -2.46. The summed E-state index contributed by atoms with van der Waals surface area (Å²) in [6, 6.07) is 11.0. The summed E-state index contributed by atoms with van der Waals surface area (Å²) in [7, 11) is -2.31. The van der Waals surface area contributed by atoms with Crippen molar-refractivity contribution in [1.29, 1.82) is 0 Å². The first-order valence-corrected chi connectivity index (χ1v) is 11.7. The minimum atomic E-state index is -3.85. The second-order valence-electron chi connectivity index (χ2n) is 7.60. The maximum Gasteiger partial charge on any atom is 0.261 e. The van der Waals surface area contributed by atoms with E-state index in [0.717, 1.165) is 13.1 Å². The van der Waals surface area contributed by atoms with Crippen molar-refractivity contribution in [2.75, 3.05) is 44.7 Å². The first-order valence-electron chi connectivity index (χ1n) is 10.2. The molecule has 2 aromatic rings. The Hall–Kier alpha value is -2.62. The molecule has 0 bridgehead atoms. The van der Waals surface area contributed by atoms with Crippen LogP contribution in [0.2, 0.25) is 0 Å². The van der Waals surface area contributed by atoms with Crippen molar-refractivity contribution in [3.05, 3.63) is 53.6 Å². The van der Waals surface area contributed by atoms with Crippen molar-refractivity contribution in [3.63, 3.8) is 0 Å². The number of carbonyl (C=O) groups excluding carboxylic acids is 1. The van der Waals surface area contributed by atoms with E-state index in [1.54, 1.807) is 44.4 Å². The van der Waals surface area contributed by atoms with Gasteiger partial charge in [0.2, 0.25) is 0 Å². The highest BCUT2D eigenvalue weighted by atomic mass is 32.2. The number of ether oxygens (including phenoxy) is 2. The Balaban J connectivity index is 1.71. The summed E-state index contributed by atoms with van der Waals surface area (Å²) in [5.41, 5.74) is 1.46. The van der Waals surface area contributed by atoms with Gasteiger partial charge in [-0.2, -0.15) is 0 Å². The first-order chi connectivity index (χ1) is 14.8. The maximum atomic E-state index is 12.8. The second-order valence-corrected chi connectivity index (χ2v) is 9.28. The summed E-state index contributed by atoms with van der Waals surface area (Å²) in [6.45, 7) is 7.50. The maximum absolute atomic E-state index is 12.8. The van der Waals surface area contributed by atoms with Crippen LogP contribution in [0.5, 0.6) is 5.75 Å². The monoisotopic (exact) mass is 447 g/mol. The van der Waals surface area contributed by atoms with Gasteiger partial charge in [-0.05, 0) is 55.8 Å². The molecule has 0 radical (unpaired) electrons. The fraction of sp³-hybridized carbons (Fsp3) is 0.409. The van der Waals surface area contributed by atoms with Crippen molar-refractivity contribution in [2.24, 2.45) is 0 Å². The third-order valence-corrected chi connectivity index (χ3v) is 6.50. The highest BCUT2D eigenvalue weighted by Crippen LogP contribution is 2.21. The number of nitrogens with one attached hydrogen (secondary N) is 2. The van der Waals surface area contributed by atoms with Gasteiger partial charge >= 0.3 is 0 Å². The van der Waals surface area contributed by atoms with Gasteiger partial charge in [-0.1, -0.05) is 6.07 Å². The largest absolute Gasteiger partial charge is 0.497 e. The lowest BCUT2D eigenvalue weighted by molar-refractivity contribution is 0.0342. The SMILES string of the molecule is COc1ccc(NS(=O)(=O)c2ccc(C)c(C(=O)NC(C)CN3CCOCC3)c2)cc1. The van der Waals surface area contributed by atoms with Crippen LogP contribution < -0.4 is 14.8 Å². The molecule has 1 fully saturated rings. The van der Waals surface area contributed by atoms with Gasteiger partial charge in [-0.3, -0.25) is 14.4 Å². The van der Waals surface area contributed by atoms with Crippen LogP contribution in [0.3, 0.4) is 0 Å². The van der Waals surface area contributed by atoms with E-state index in [-0.39, 0.29) is 16.8 Å². The molecule has 3 rings (SSSR count). The van der Waals surface area contributed by atoms with E-state index in [2.05, 4.69) is 14.9 Å². The summed E-state index contributed by atoms with van der Waals surface area (Å²) in [6.07, 6.45) is 0. The highest BCUT2D eigenvalue weighted by Gasteiger charge is 2.20. The molecule has 9 heteroatoms. The number of hydrogen-bond donors (Lipinski definition) is 2. The van der Waals surface area contributed by atoms with Crippen molar-refractivity contribution in [3.8, 4) is 5.75 Å². The van der Waals surface area contributed by atoms with Crippen LogP contribution in [-0.4, -0.2) is 65.2 Å². The molecule has 1 amide bonds. The van der Waals surface area contributed by atoms with Crippen LogP contribution in [-0.2, 0) is 14.8 Å². The topological polar surface area (TPSA) is 97.0 Å². The van der Waals surface area contributed by atoms with Gasteiger partial charge in [0.1, 0.15) is 5.75 Å². The van der Waals surface area contributed by atoms with Gasteiger partial charge in [0.05, 0.1) is 25.2 Å². The zero-order valence-corrected chi connectivity index (χ0v) is 18.9. The minimum absolute atomic E-state index is 0.0277. The number of sulfonamides is 1. The number of anilines is 1. The minimum Gasteiger partial charge on any atom is -0.497 e. The van der Waals surface area contributed by atoms with Crippen LogP contribution >= 0.6 is 0 Å². The lowest BCUT2D eigenvalue weighted by Gasteiger charge is -2.29. The molecule has 31 heavy (non-hydrogen) atoms. The Morgan fingerprint density at radius 2 is 1.84 bits per heavy atom. The number of aryl methyl sites for hydroxylation is 1. The number of methoxy groups -OCH3 is 1. The molecule has 1 aliphatic rings. The molecular weight excluding hydrogens is 418 g/mol. The van der Waals surface area contributed by atoms with Crippen molar-refractivity contribution in [1.82, 2.24) is 10.2 Å². The van der Waals surface area contributed by atoms with E-state index < -0.39 is 10.0 Å². The molecule has 0 aliphatic carbocycles. The molecule has 168 valence electrons. The van der Waals surface area contributed by atoms with Gasteiger partial charge in [-0.25, -0.2) is 8.42 Å². The first kappa shape index (κ1) is 23.1. The van der Waals surface area contributed by atoms with Gasteiger partial charge in [0.25, 0.3) is 15.9 Å². The molecule has 2 aromatic carbocycles. The summed E-state index contributed by atoms with van der Waals surface area (Å²) < 4.78 is 38.6. The molecule has 1 saturated heterocycles. The second kappa shape index (κ2) is 10.1. The van der Waals surface area contributed by atoms with E-state index >= 15 is 0 Å². The van der Waals surface area contributed by atoms with Gasteiger partial charge in [-0.15, -0.1) is 0 Å². The van der Waals surface area contributed by atoms with Crippen molar-refractivity contribution < 1.29 is 22.7 Å². The molecule has 1 unspecified atom stereocenters. The van der Waals surface area contributed by atoms with Crippen LogP contribution in [0.15, 0.2) is 47.4 Å². The van der Waals surface area contributed by atoms with E-state index in [1.807, 2.05) is 6.92 Å². The number of rotatable bonds is 8. The number of morpholine rings is 1. The quantitative estimate of drug-likeness (QED) is 0.644. The predicted molar refractivity (Wildman–Crippen MR) is 119 cm³/mol. The van der Waals surface area contributed by atoms with Crippen molar-refractivity contribution >= 4 is 21.6 Å². The van der Waals surface area contributed by atoms with Gasteiger partial charge < -0.3 is 14.8 Å². The van der Waals surface area contributed by atoms with E-state index in [0.29, 0.717) is 42.3 Å². The van der Waals surface area contributed by atoms with Crippen LogP contribution in [0.25, 0.3) is 0 Å². The fourth-order valence-corrected chi connectivity index (χ4v) is 4.49. The molecule has 2 N–H and O–H groups in total. The summed E-state index contributed by atoms with van der Waals surface area (Å²) in [4.78, 5) is 15.1. The standard InChI is InChI=1S/C22H29N3O5S/c1-16-4-9-20(31(27,28)24-18-5-7-19(29-3)8-6-18)14-21(16)22(26)23-17(2)15-25-10-12-30-13-11-25/h4-9,14,17,24H,10-13,15H2,1-3H3,(H,23,26). The third kappa shape index (κ3) is 6.19. The third-order valence-electron chi connectivity index (χ3n) is 5.12. The molecule has 1 aliphatic heterocycles. The van der Waals surface area contributed by atoms with Crippen molar-refractivity contribution in [2.45, 2.75) is 24.8 Å². The fourth-order valence-electron chi connectivity index (χ4n) is 3.40. The molecule has 0 saturated carbocycles. The van der Waals surface area contributed by atoms with E-state index in [4.69, 9.17) is 9.47 Å². The Morgan fingerprint density at radius 3 is 2.48 bits per heavy atom. The Kier molecular flexibility index (Phi) is 7.53. The lowest BCUT2D eigenvalue weighted by atomic mass is 10.1. The average Bonchev–Trinajstić information content (AvgIpc) is 2.74. The molecule has 0 spiro atoms. The number of nitrogens with zero attached hydrogens (tertiary/aromatic N) is 1. The number of carbonyl (C=O) groups is 1. The Bertz CT molecular complexity index is 1000. The number of benzene rings is 2. The average molecular weight is 448 g/mol. The van der Waals surface area contributed by atoms with Gasteiger partial charge in [0.15, 0.2) is 0 Å². The predicted octanol–water partition coefficient (Wildman–Crippen LogP) is 2.25. The van der Waals surface area contributed by atoms with E-state index in [1.165, 1.54) is 12.1 Å². The van der Waals surface area contributed by atoms with Crippen LogP contribution in [0.4, 0.5) is 5.69 Å². The van der Waals surface area contributed by atoms with E-state index in [9.17, 15) is 13.2 Å². The van der Waals surface area contributed by atoms with Gasteiger partial charge in [0, 0.05) is 36.9 Å². The zero-order chi connectivity index (χ0) is 22.4. The summed E-state index contributed by atoms with van der Waals surface area (Å²) in [5, 5.41) is 2.97.